The molecule has 184 valence electrons. The molecule has 1 aliphatic heterocycles. The van der Waals surface area contributed by atoms with Crippen molar-refractivity contribution in [1.82, 2.24) is 9.29 Å². The molecular weight excluding hydrogens is 464 g/mol. The molecule has 3 N–H and O–H groups in total. The Balaban J connectivity index is 1.60. The fourth-order valence-electron chi connectivity index (χ4n) is 4.36. The Kier molecular flexibility index (Phi) is 7.57. The second kappa shape index (κ2) is 10.6. The highest BCUT2D eigenvalue weighted by atomic mass is 32.2. The number of nitrogens with zero attached hydrogens (tertiary/aromatic N) is 3. The first-order valence-electron chi connectivity index (χ1n) is 11.7. The fourth-order valence-corrected chi connectivity index (χ4v) is 5.32. The van der Waals surface area contributed by atoms with Crippen molar-refractivity contribution >= 4 is 32.6 Å². The van der Waals surface area contributed by atoms with Crippen LogP contribution in [0.15, 0.2) is 53.4 Å². The van der Waals surface area contributed by atoms with Crippen LogP contribution in [-0.2, 0) is 17.1 Å². The van der Waals surface area contributed by atoms with Gasteiger partial charge in [0, 0.05) is 43.8 Å². The van der Waals surface area contributed by atoms with Gasteiger partial charge >= 0.3 is 0 Å². The summed E-state index contributed by atoms with van der Waals surface area (Å²) < 4.78 is 28.9. The lowest BCUT2D eigenvalue weighted by Crippen LogP contribution is -2.34. The van der Waals surface area contributed by atoms with Gasteiger partial charge in [-0.25, -0.2) is 13.1 Å². The predicted molar refractivity (Wildman–Crippen MR) is 138 cm³/mol. The summed E-state index contributed by atoms with van der Waals surface area (Å²) in [6, 6.07) is 18.2. The topological polar surface area (TPSA) is 119 Å². The lowest BCUT2D eigenvalue weighted by molar-refractivity contribution is 0.0989. The minimum Gasteiger partial charge on any atom is -0.394 e. The van der Waals surface area contributed by atoms with E-state index in [1.807, 2.05) is 23.7 Å². The van der Waals surface area contributed by atoms with Gasteiger partial charge in [-0.1, -0.05) is 18.2 Å². The van der Waals surface area contributed by atoms with Gasteiger partial charge in [0.2, 0.25) is 0 Å². The summed E-state index contributed by atoms with van der Waals surface area (Å²) in [6.45, 7) is 1.23. The molecule has 0 aliphatic carbocycles. The van der Waals surface area contributed by atoms with Crippen LogP contribution in [0.2, 0.25) is 0 Å². The highest BCUT2D eigenvalue weighted by Crippen LogP contribution is 2.30. The van der Waals surface area contributed by atoms with Crippen LogP contribution in [-0.4, -0.2) is 55.5 Å². The van der Waals surface area contributed by atoms with Gasteiger partial charge < -0.3 is 19.7 Å². The predicted octanol–water partition coefficient (Wildman–Crippen LogP) is 2.97. The first kappa shape index (κ1) is 24.9. The summed E-state index contributed by atoms with van der Waals surface area (Å²) in [5, 5.41) is 30.0. The molecule has 1 aliphatic rings. The normalized spacial score (nSPS) is 15.8. The maximum absolute atomic E-state index is 12.5. The minimum atomic E-state index is -4.13. The van der Waals surface area contributed by atoms with Crippen LogP contribution in [0.4, 0.5) is 5.69 Å². The van der Waals surface area contributed by atoms with Crippen LogP contribution in [0.5, 0.6) is 0 Å². The third-order valence-electron chi connectivity index (χ3n) is 6.40. The molecule has 1 atom stereocenters. The second-order valence-electron chi connectivity index (χ2n) is 8.81. The number of hydrogen-bond acceptors (Lipinski definition) is 6. The number of hydrogen-bond donors (Lipinski definition) is 3. The lowest BCUT2D eigenvalue weighted by atomic mass is 10.0. The molecule has 2 aromatic carbocycles. The standard InChI is InChI=1S/C26H30N4O4S/c1-29-22(15-25(16-27)35(33,34)28-17-24(32)18-31)9-10-26(29)21-6-5-20-14-23(8-7-19(20)13-21)30-11-3-2-4-12-30/h5-10,13-15,24,28,31-32H,2-4,11-12,17-18H2,1H3/b25-15+. The number of rotatable bonds is 8. The van der Waals surface area contributed by atoms with E-state index in [0.29, 0.717) is 5.69 Å². The number of nitriles is 1. The summed E-state index contributed by atoms with van der Waals surface area (Å²) in [5.74, 6) is 0. The van der Waals surface area contributed by atoms with E-state index in [1.165, 1.54) is 36.4 Å². The van der Waals surface area contributed by atoms with E-state index in [4.69, 9.17) is 5.11 Å². The second-order valence-corrected chi connectivity index (χ2v) is 10.5. The molecule has 35 heavy (non-hydrogen) atoms. The average molecular weight is 495 g/mol. The Labute approximate surface area is 205 Å². The largest absolute Gasteiger partial charge is 0.394 e. The molecule has 0 saturated carbocycles. The van der Waals surface area contributed by atoms with Gasteiger partial charge in [-0.3, -0.25) is 0 Å². The first-order chi connectivity index (χ1) is 16.8. The van der Waals surface area contributed by atoms with Crippen molar-refractivity contribution in [2.45, 2.75) is 25.4 Å². The first-order valence-corrected chi connectivity index (χ1v) is 13.2. The molecule has 0 radical (unpaired) electrons. The molecule has 0 amide bonds. The zero-order valence-electron chi connectivity index (χ0n) is 19.7. The molecule has 2 heterocycles. The van der Waals surface area contributed by atoms with Gasteiger partial charge in [-0.05, 0) is 72.0 Å². The summed E-state index contributed by atoms with van der Waals surface area (Å²) in [6.07, 6.45) is 3.82. The highest BCUT2D eigenvalue weighted by Gasteiger charge is 2.20. The molecule has 1 unspecified atom stereocenters. The van der Waals surface area contributed by atoms with E-state index in [1.54, 1.807) is 12.1 Å². The molecule has 1 saturated heterocycles. The number of allylic oxidation sites excluding steroid dienone is 1. The molecule has 3 aromatic rings. The smallest absolute Gasteiger partial charge is 0.250 e. The zero-order valence-corrected chi connectivity index (χ0v) is 20.5. The van der Waals surface area contributed by atoms with Gasteiger partial charge in [0.25, 0.3) is 10.0 Å². The summed E-state index contributed by atoms with van der Waals surface area (Å²) in [7, 11) is -2.31. The molecular formula is C26H30N4O4S. The summed E-state index contributed by atoms with van der Waals surface area (Å²) in [4.78, 5) is 1.96. The number of aliphatic hydroxyl groups excluding tert-OH is 2. The van der Waals surface area contributed by atoms with Gasteiger partial charge in [0.05, 0.1) is 12.7 Å². The maximum Gasteiger partial charge on any atom is 0.250 e. The van der Waals surface area contributed by atoms with Crippen LogP contribution >= 0.6 is 0 Å². The number of piperidine rings is 1. The molecule has 4 rings (SSSR count). The van der Waals surface area contributed by atoms with Gasteiger partial charge in [0.15, 0.2) is 4.91 Å². The Bertz CT molecular complexity index is 1380. The third-order valence-corrected chi connectivity index (χ3v) is 7.73. The Morgan fingerprint density at radius 1 is 1.11 bits per heavy atom. The lowest BCUT2D eigenvalue weighted by Gasteiger charge is -2.29. The monoisotopic (exact) mass is 494 g/mol. The van der Waals surface area contributed by atoms with E-state index in [9.17, 15) is 18.8 Å². The van der Waals surface area contributed by atoms with Crippen LogP contribution < -0.4 is 9.62 Å². The fraction of sp³-hybridized carbons (Fsp3) is 0.346. The van der Waals surface area contributed by atoms with E-state index in [0.717, 1.165) is 29.7 Å². The quantitative estimate of drug-likeness (QED) is 0.414. The molecule has 0 spiro atoms. The van der Waals surface area contributed by atoms with E-state index < -0.39 is 27.6 Å². The minimum absolute atomic E-state index is 0.382. The molecule has 1 aromatic heterocycles. The molecule has 8 nitrogen and oxygen atoms in total. The maximum atomic E-state index is 12.5. The van der Waals surface area contributed by atoms with Crippen LogP contribution in [0.1, 0.15) is 25.0 Å². The molecule has 9 heteroatoms. The number of aliphatic hydroxyl groups is 2. The van der Waals surface area contributed by atoms with Crippen molar-refractivity contribution < 1.29 is 18.6 Å². The van der Waals surface area contributed by atoms with Gasteiger partial charge in [-0.15, -0.1) is 0 Å². The number of sulfonamides is 1. The average Bonchev–Trinajstić information content (AvgIpc) is 3.25. The number of nitrogens with one attached hydrogen (secondary N) is 1. The summed E-state index contributed by atoms with van der Waals surface area (Å²) in [5.41, 5.74) is 3.67. The van der Waals surface area contributed by atoms with Crippen molar-refractivity contribution in [3.8, 4) is 17.3 Å². The number of fused-ring (bicyclic) bond motifs is 1. The van der Waals surface area contributed by atoms with Crippen LogP contribution in [0.3, 0.4) is 0 Å². The number of anilines is 1. The van der Waals surface area contributed by atoms with Crippen molar-refractivity contribution in [1.29, 1.82) is 5.26 Å². The molecule has 0 bridgehead atoms. The van der Waals surface area contributed by atoms with Gasteiger partial charge in [-0.2, -0.15) is 5.26 Å². The van der Waals surface area contributed by atoms with Crippen molar-refractivity contribution in [3.05, 3.63) is 59.1 Å². The Hall–Kier alpha value is -3.16. The Morgan fingerprint density at radius 2 is 1.83 bits per heavy atom. The van der Waals surface area contributed by atoms with E-state index >= 15 is 0 Å². The Morgan fingerprint density at radius 3 is 2.54 bits per heavy atom. The number of aromatic nitrogens is 1. The zero-order chi connectivity index (χ0) is 25.0. The van der Waals surface area contributed by atoms with E-state index in [-0.39, 0.29) is 6.54 Å². The van der Waals surface area contributed by atoms with Crippen LogP contribution in [0.25, 0.3) is 28.1 Å². The van der Waals surface area contributed by atoms with Crippen molar-refractivity contribution in [2.24, 2.45) is 7.05 Å². The number of benzene rings is 2. The van der Waals surface area contributed by atoms with E-state index in [2.05, 4.69) is 40.0 Å². The SMILES string of the molecule is Cn1c(/C=C(\C#N)S(=O)(=O)NCC(O)CO)ccc1-c1ccc2cc(N3CCCCC3)ccc2c1. The van der Waals surface area contributed by atoms with Crippen LogP contribution in [0, 0.1) is 11.3 Å². The molecule has 1 fully saturated rings. The third kappa shape index (κ3) is 5.57. The van der Waals surface area contributed by atoms with Crippen molar-refractivity contribution in [2.75, 3.05) is 31.1 Å². The summed E-state index contributed by atoms with van der Waals surface area (Å²) >= 11 is 0. The van der Waals surface area contributed by atoms with Gasteiger partial charge in [0.1, 0.15) is 6.07 Å². The van der Waals surface area contributed by atoms with Crippen molar-refractivity contribution in [3.63, 3.8) is 0 Å². The highest BCUT2D eigenvalue weighted by molar-refractivity contribution is 7.93.